The maximum absolute atomic E-state index is 13.7. The second-order valence-corrected chi connectivity index (χ2v) is 10.6. The van der Waals surface area contributed by atoms with Gasteiger partial charge in [0, 0.05) is 31.2 Å². The minimum absolute atomic E-state index is 0.136. The molecule has 0 fully saturated rings. The number of ether oxygens (including phenoxy) is 1. The number of nitrogens with one attached hydrogen (secondary N) is 2. The molecule has 0 radical (unpaired) electrons. The Balaban J connectivity index is 1.60. The van der Waals surface area contributed by atoms with Gasteiger partial charge in [0.25, 0.3) is 5.91 Å². The molecule has 1 aliphatic heterocycles. The van der Waals surface area contributed by atoms with Gasteiger partial charge in [0.15, 0.2) is 5.75 Å². The van der Waals surface area contributed by atoms with Gasteiger partial charge in [-0.1, -0.05) is 43.3 Å². The second-order valence-electron chi connectivity index (χ2n) is 10.6. The first-order valence-electron chi connectivity index (χ1n) is 13.7. The Morgan fingerprint density at radius 2 is 1.76 bits per heavy atom. The van der Waals surface area contributed by atoms with Gasteiger partial charge in [-0.3, -0.25) is 9.69 Å². The highest BCUT2D eigenvalue weighted by Crippen LogP contribution is 2.35. The molecule has 0 aromatic heterocycles. The summed E-state index contributed by atoms with van der Waals surface area (Å²) >= 11 is 0. The number of anilines is 2. The van der Waals surface area contributed by atoms with Crippen molar-refractivity contribution in [2.75, 3.05) is 37.4 Å². The van der Waals surface area contributed by atoms with Crippen molar-refractivity contribution in [1.82, 2.24) is 9.80 Å². The van der Waals surface area contributed by atoms with Crippen molar-refractivity contribution in [3.05, 3.63) is 89.5 Å². The summed E-state index contributed by atoms with van der Waals surface area (Å²) in [6, 6.07) is 17.7. The molecule has 3 atom stereocenters. The van der Waals surface area contributed by atoms with Crippen LogP contribution in [0.25, 0.3) is 0 Å². The monoisotopic (exact) mass is 584 g/mol. The average Bonchev–Trinajstić information content (AvgIpc) is 2.95. The molecule has 0 saturated carbocycles. The van der Waals surface area contributed by atoms with E-state index in [1.807, 2.05) is 44.3 Å². The number of halogens is 3. The molecule has 3 aromatic carbocycles. The molecule has 224 valence electrons. The number of aliphatic hydroxyl groups is 1. The molecule has 0 spiro atoms. The lowest BCUT2D eigenvalue weighted by atomic mass is 9.99. The Bertz CT molecular complexity index is 1370. The van der Waals surface area contributed by atoms with Crippen LogP contribution < -0.4 is 15.4 Å². The van der Waals surface area contributed by atoms with Crippen LogP contribution >= 0.6 is 0 Å². The summed E-state index contributed by atoms with van der Waals surface area (Å²) in [5, 5.41) is 15.1. The first kappa shape index (κ1) is 30.9. The van der Waals surface area contributed by atoms with E-state index in [4.69, 9.17) is 4.74 Å². The fourth-order valence-corrected chi connectivity index (χ4v) is 4.85. The number of nitrogens with zero attached hydrogens (tertiary/aromatic N) is 2. The van der Waals surface area contributed by atoms with Gasteiger partial charge in [-0.15, -0.1) is 0 Å². The number of alkyl halides is 3. The average molecular weight is 585 g/mol. The molecular formula is C31H35F3N4O4. The zero-order valence-corrected chi connectivity index (χ0v) is 23.7. The predicted molar refractivity (Wildman–Crippen MR) is 154 cm³/mol. The number of hydrogen-bond acceptors (Lipinski definition) is 5. The predicted octanol–water partition coefficient (Wildman–Crippen LogP) is 5.70. The zero-order chi connectivity index (χ0) is 30.4. The first-order chi connectivity index (χ1) is 20.0. The lowest BCUT2D eigenvalue weighted by molar-refractivity contribution is -0.137. The minimum atomic E-state index is -4.49. The summed E-state index contributed by atoms with van der Waals surface area (Å²) in [5.41, 5.74) is 0.918. The summed E-state index contributed by atoms with van der Waals surface area (Å²) in [4.78, 5) is 30.3. The van der Waals surface area contributed by atoms with Crippen LogP contribution in [0.1, 0.15) is 35.3 Å². The molecule has 8 nitrogen and oxygen atoms in total. The Hall–Kier alpha value is -4.09. The SMILES string of the molecule is C[C@H]1CN([C@@H](C)CO)C(=O)c2cccc(NC(=O)Nc3ccc(C(F)(F)F)cc3)c2O[C@@H]1CN(C)Cc1ccccc1. The highest BCUT2D eigenvalue weighted by Gasteiger charge is 2.35. The number of fused-ring (bicyclic) bond motifs is 1. The minimum Gasteiger partial charge on any atom is -0.486 e. The number of benzene rings is 3. The van der Waals surface area contributed by atoms with Crippen molar-refractivity contribution in [3.8, 4) is 5.75 Å². The molecule has 0 unspecified atom stereocenters. The summed E-state index contributed by atoms with van der Waals surface area (Å²) in [5.74, 6) is -0.297. The third-order valence-electron chi connectivity index (χ3n) is 7.20. The Morgan fingerprint density at radius 1 is 1.07 bits per heavy atom. The normalized spacial score (nSPS) is 18.0. The molecule has 1 aliphatic rings. The van der Waals surface area contributed by atoms with Crippen LogP contribution in [0.15, 0.2) is 72.8 Å². The zero-order valence-electron chi connectivity index (χ0n) is 23.7. The molecule has 42 heavy (non-hydrogen) atoms. The molecule has 3 aromatic rings. The van der Waals surface area contributed by atoms with Gasteiger partial charge in [0.05, 0.1) is 29.5 Å². The van der Waals surface area contributed by atoms with E-state index in [2.05, 4.69) is 15.5 Å². The number of carbonyl (C=O) groups is 2. The van der Waals surface area contributed by atoms with Gasteiger partial charge in [-0.2, -0.15) is 13.2 Å². The van der Waals surface area contributed by atoms with Crippen LogP contribution in [0.3, 0.4) is 0 Å². The Kier molecular flexibility index (Phi) is 9.74. The van der Waals surface area contributed by atoms with Crippen molar-refractivity contribution in [2.45, 2.75) is 38.7 Å². The molecule has 3 N–H and O–H groups in total. The van der Waals surface area contributed by atoms with Gasteiger partial charge in [0.1, 0.15) is 6.10 Å². The van der Waals surface area contributed by atoms with Crippen molar-refractivity contribution < 1.29 is 32.6 Å². The van der Waals surface area contributed by atoms with Crippen LogP contribution in [0.2, 0.25) is 0 Å². The number of urea groups is 1. The van der Waals surface area contributed by atoms with Crippen LogP contribution in [0.5, 0.6) is 5.75 Å². The molecule has 0 aliphatic carbocycles. The maximum Gasteiger partial charge on any atom is 0.416 e. The Morgan fingerprint density at radius 3 is 2.40 bits per heavy atom. The molecule has 1 heterocycles. The van der Waals surface area contributed by atoms with Crippen molar-refractivity contribution >= 4 is 23.3 Å². The van der Waals surface area contributed by atoms with E-state index >= 15 is 0 Å². The number of rotatable bonds is 8. The quantitative estimate of drug-likeness (QED) is 0.316. The number of likely N-dealkylation sites (N-methyl/N-ethyl adjacent to an activating group) is 1. The van der Waals surface area contributed by atoms with Gasteiger partial charge in [-0.05, 0) is 55.9 Å². The van der Waals surface area contributed by atoms with Gasteiger partial charge in [-0.25, -0.2) is 4.79 Å². The van der Waals surface area contributed by atoms with Gasteiger partial charge < -0.3 is 25.4 Å². The third-order valence-corrected chi connectivity index (χ3v) is 7.20. The smallest absolute Gasteiger partial charge is 0.416 e. The van der Waals surface area contributed by atoms with E-state index in [1.165, 1.54) is 0 Å². The van der Waals surface area contributed by atoms with E-state index in [-0.39, 0.29) is 47.2 Å². The van der Waals surface area contributed by atoms with E-state index < -0.39 is 23.8 Å². The molecular weight excluding hydrogens is 549 g/mol. The fourth-order valence-electron chi connectivity index (χ4n) is 4.85. The highest BCUT2D eigenvalue weighted by molar-refractivity contribution is 6.04. The van der Waals surface area contributed by atoms with Crippen molar-refractivity contribution in [3.63, 3.8) is 0 Å². The van der Waals surface area contributed by atoms with Crippen molar-refractivity contribution in [2.24, 2.45) is 5.92 Å². The lowest BCUT2D eigenvalue weighted by Gasteiger charge is -2.38. The van der Waals surface area contributed by atoms with Gasteiger partial charge >= 0.3 is 12.2 Å². The number of hydrogen-bond donors (Lipinski definition) is 3. The molecule has 0 saturated heterocycles. The van der Waals surface area contributed by atoms with E-state index in [1.54, 1.807) is 30.0 Å². The lowest BCUT2D eigenvalue weighted by Crippen LogP contribution is -2.49. The summed E-state index contributed by atoms with van der Waals surface area (Å²) in [7, 11) is 1.98. The molecule has 11 heteroatoms. The Labute approximate surface area is 243 Å². The second kappa shape index (κ2) is 13.3. The molecule has 4 rings (SSSR count). The third kappa shape index (κ3) is 7.59. The number of carbonyl (C=O) groups excluding carboxylic acids is 2. The van der Waals surface area contributed by atoms with Gasteiger partial charge in [0.2, 0.25) is 0 Å². The largest absolute Gasteiger partial charge is 0.486 e. The summed E-state index contributed by atoms with van der Waals surface area (Å²) in [6.45, 7) is 5.06. The highest BCUT2D eigenvalue weighted by atomic mass is 19.4. The topological polar surface area (TPSA) is 94.1 Å². The van der Waals surface area contributed by atoms with Crippen molar-refractivity contribution in [1.29, 1.82) is 0 Å². The van der Waals surface area contributed by atoms with Crippen LogP contribution in [0, 0.1) is 5.92 Å². The number of para-hydroxylation sites is 1. The fraction of sp³-hybridized carbons (Fsp3) is 0.355. The molecule has 0 bridgehead atoms. The molecule has 3 amide bonds. The number of amides is 3. The summed E-state index contributed by atoms with van der Waals surface area (Å²) in [6.07, 6.45) is -4.88. The summed E-state index contributed by atoms with van der Waals surface area (Å²) < 4.78 is 45.2. The van der Waals surface area contributed by atoms with Crippen LogP contribution in [0.4, 0.5) is 29.3 Å². The standard InChI is InChI=1S/C31H35F3N4O4/c1-20-16-38(21(2)19-39)29(40)25-10-7-11-26(36-30(41)35-24-14-12-23(13-15-24)31(32,33)34)28(25)42-27(20)18-37(3)17-22-8-5-4-6-9-22/h4-15,20-21,27,39H,16-19H2,1-3H3,(H2,35,36,41)/t20-,21-,27+/m0/s1. The first-order valence-corrected chi connectivity index (χ1v) is 13.7. The number of aliphatic hydroxyl groups excluding tert-OH is 1. The van der Waals surface area contributed by atoms with Crippen LogP contribution in [-0.4, -0.2) is 65.7 Å². The van der Waals surface area contributed by atoms with E-state index in [0.29, 0.717) is 19.6 Å². The van der Waals surface area contributed by atoms with E-state index in [0.717, 1.165) is 29.8 Å². The van der Waals surface area contributed by atoms with Crippen LogP contribution in [-0.2, 0) is 12.7 Å². The maximum atomic E-state index is 13.7. The van der Waals surface area contributed by atoms with E-state index in [9.17, 15) is 27.9 Å².